The molecule has 1 aromatic carbocycles. The molecule has 0 atom stereocenters. The van der Waals surface area contributed by atoms with Gasteiger partial charge in [0.25, 0.3) is 0 Å². The molecule has 1 aliphatic rings. The Hall–Kier alpha value is -1.84. The first kappa shape index (κ1) is 17.5. The minimum Gasteiger partial charge on any atom is -0.356 e. The van der Waals surface area contributed by atoms with Crippen LogP contribution < -0.4 is 10.6 Å². The van der Waals surface area contributed by atoms with Gasteiger partial charge in [-0.2, -0.15) is 0 Å². The van der Waals surface area contributed by atoms with E-state index in [0.717, 1.165) is 57.2 Å². The Kier molecular flexibility index (Phi) is 7.11. The summed E-state index contributed by atoms with van der Waals surface area (Å²) >= 11 is 0. The van der Waals surface area contributed by atoms with E-state index >= 15 is 0 Å². The van der Waals surface area contributed by atoms with Crippen LogP contribution in [0.2, 0.25) is 0 Å². The van der Waals surface area contributed by atoms with Gasteiger partial charge in [-0.1, -0.05) is 38.0 Å². The summed E-state index contributed by atoms with van der Waals surface area (Å²) in [5.41, 5.74) is 0.841. The third-order valence-corrected chi connectivity index (χ3v) is 4.59. The smallest absolute Gasteiger partial charge is 0.227 e. The van der Waals surface area contributed by atoms with E-state index in [1.165, 1.54) is 0 Å². The Morgan fingerprint density at radius 3 is 2.17 bits per heavy atom. The molecule has 0 spiro atoms. The normalized spacial score (nSPS) is 20.7. The number of unbranched alkanes of at least 4 members (excludes halogenated alkanes) is 2. The number of anilines is 1. The van der Waals surface area contributed by atoms with Crippen LogP contribution in [-0.2, 0) is 9.59 Å². The first-order valence-corrected chi connectivity index (χ1v) is 8.84. The summed E-state index contributed by atoms with van der Waals surface area (Å²) in [4.78, 5) is 24.4. The Morgan fingerprint density at radius 2 is 1.57 bits per heavy atom. The molecule has 0 unspecified atom stereocenters. The molecule has 0 aromatic heterocycles. The van der Waals surface area contributed by atoms with Crippen molar-refractivity contribution in [3.63, 3.8) is 0 Å². The summed E-state index contributed by atoms with van der Waals surface area (Å²) in [5, 5.41) is 6.00. The maximum absolute atomic E-state index is 12.3. The minimum atomic E-state index is 0.0272. The van der Waals surface area contributed by atoms with Crippen molar-refractivity contribution < 1.29 is 9.59 Å². The summed E-state index contributed by atoms with van der Waals surface area (Å²) in [7, 11) is 0. The van der Waals surface area contributed by atoms with Crippen LogP contribution in [0.25, 0.3) is 0 Å². The average Bonchev–Trinajstić information content (AvgIpc) is 2.59. The fourth-order valence-electron chi connectivity index (χ4n) is 3.11. The summed E-state index contributed by atoms with van der Waals surface area (Å²) < 4.78 is 0. The molecule has 23 heavy (non-hydrogen) atoms. The van der Waals surface area contributed by atoms with Crippen LogP contribution in [0, 0.1) is 11.8 Å². The molecule has 126 valence electrons. The Morgan fingerprint density at radius 1 is 0.957 bits per heavy atom. The number of rotatable bonds is 7. The molecular formula is C19H28N2O2. The lowest BCUT2D eigenvalue weighted by Gasteiger charge is -2.27. The monoisotopic (exact) mass is 316 g/mol. The second-order valence-corrected chi connectivity index (χ2v) is 6.40. The first-order valence-electron chi connectivity index (χ1n) is 8.84. The van der Waals surface area contributed by atoms with E-state index in [4.69, 9.17) is 0 Å². The van der Waals surface area contributed by atoms with Crippen LogP contribution in [0.1, 0.15) is 51.9 Å². The molecule has 0 saturated heterocycles. The SMILES string of the molecule is CCCCCNC(=O)C1CCC(C(=O)Nc2ccccc2)CC1. The first-order chi connectivity index (χ1) is 11.2. The predicted octanol–water partition coefficient (Wildman–Crippen LogP) is 3.74. The van der Waals surface area contributed by atoms with Gasteiger partial charge in [0.15, 0.2) is 0 Å². The van der Waals surface area contributed by atoms with Crippen molar-refractivity contribution in [3.8, 4) is 0 Å². The van der Waals surface area contributed by atoms with E-state index in [2.05, 4.69) is 17.6 Å². The third kappa shape index (κ3) is 5.70. The van der Waals surface area contributed by atoms with Gasteiger partial charge in [-0.15, -0.1) is 0 Å². The number of amides is 2. The quantitative estimate of drug-likeness (QED) is 0.753. The molecule has 2 N–H and O–H groups in total. The van der Waals surface area contributed by atoms with Crippen molar-refractivity contribution in [1.82, 2.24) is 5.32 Å². The van der Waals surface area contributed by atoms with E-state index in [-0.39, 0.29) is 23.7 Å². The molecule has 0 aliphatic heterocycles. The highest BCUT2D eigenvalue weighted by atomic mass is 16.2. The number of benzene rings is 1. The molecule has 1 aromatic rings. The van der Waals surface area contributed by atoms with E-state index in [1.807, 2.05) is 30.3 Å². The number of carbonyl (C=O) groups excluding carboxylic acids is 2. The van der Waals surface area contributed by atoms with Gasteiger partial charge in [0.2, 0.25) is 11.8 Å². The van der Waals surface area contributed by atoms with Crippen LogP contribution >= 0.6 is 0 Å². The summed E-state index contributed by atoms with van der Waals surface area (Å²) in [5.74, 6) is 0.359. The molecule has 2 rings (SSSR count). The second-order valence-electron chi connectivity index (χ2n) is 6.40. The lowest BCUT2D eigenvalue weighted by Crippen LogP contribution is -2.35. The van der Waals surface area contributed by atoms with Crippen molar-refractivity contribution in [2.24, 2.45) is 11.8 Å². The molecule has 0 radical (unpaired) electrons. The maximum Gasteiger partial charge on any atom is 0.227 e. The Bertz CT molecular complexity index is 493. The third-order valence-electron chi connectivity index (χ3n) is 4.59. The molecule has 2 amide bonds. The Labute approximate surface area is 139 Å². The van der Waals surface area contributed by atoms with Crippen LogP contribution in [0.15, 0.2) is 30.3 Å². The molecule has 1 fully saturated rings. The van der Waals surface area contributed by atoms with Gasteiger partial charge in [0.1, 0.15) is 0 Å². The van der Waals surface area contributed by atoms with E-state index in [1.54, 1.807) is 0 Å². The molecular weight excluding hydrogens is 288 g/mol. The van der Waals surface area contributed by atoms with E-state index < -0.39 is 0 Å². The Balaban J connectivity index is 1.70. The van der Waals surface area contributed by atoms with Crippen molar-refractivity contribution >= 4 is 17.5 Å². The fraction of sp³-hybridized carbons (Fsp3) is 0.579. The van der Waals surface area contributed by atoms with Gasteiger partial charge in [-0.3, -0.25) is 9.59 Å². The van der Waals surface area contributed by atoms with Crippen LogP contribution in [0.4, 0.5) is 5.69 Å². The predicted molar refractivity (Wildman–Crippen MR) is 93.1 cm³/mol. The van der Waals surface area contributed by atoms with Crippen LogP contribution in [0.3, 0.4) is 0 Å². The van der Waals surface area contributed by atoms with E-state index in [9.17, 15) is 9.59 Å². The highest BCUT2D eigenvalue weighted by molar-refractivity contribution is 5.92. The van der Waals surface area contributed by atoms with Gasteiger partial charge in [0, 0.05) is 24.1 Å². The highest BCUT2D eigenvalue weighted by Crippen LogP contribution is 2.29. The van der Waals surface area contributed by atoms with Crippen molar-refractivity contribution in [3.05, 3.63) is 30.3 Å². The molecule has 0 bridgehead atoms. The van der Waals surface area contributed by atoms with Crippen molar-refractivity contribution in [2.45, 2.75) is 51.9 Å². The van der Waals surface area contributed by atoms with Gasteiger partial charge < -0.3 is 10.6 Å². The zero-order valence-electron chi connectivity index (χ0n) is 14.0. The average molecular weight is 316 g/mol. The molecule has 0 heterocycles. The number of nitrogens with one attached hydrogen (secondary N) is 2. The summed E-state index contributed by atoms with van der Waals surface area (Å²) in [6, 6.07) is 9.55. The van der Waals surface area contributed by atoms with E-state index in [0.29, 0.717) is 0 Å². The zero-order chi connectivity index (χ0) is 16.5. The van der Waals surface area contributed by atoms with Gasteiger partial charge in [-0.05, 0) is 44.2 Å². The highest BCUT2D eigenvalue weighted by Gasteiger charge is 2.29. The largest absolute Gasteiger partial charge is 0.356 e. The van der Waals surface area contributed by atoms with Crippen LogP contribution in [-0.4, -0.2) is 18.4 Å². The molecule has 4 heteroatoms. The van der Waals surface area contributed by atoms with Crippen molar-refractivity contribution in [2.75, 3.05) is 11.9 Å². The van der Waals surface area contributed by atoms with Gasteiger partial charge in [0.05, 0.1) is 0 Å². The lowest BCUT2D eigenvalue weighted by atomic mass is 9.81. The second kappa shape index (κ2) is 9.33. The summed E-state index contributed by atoms with van der Waals surface area (Å²) in [6.45, 7) is 2.94. The van der Waals surface area contributed by atoms with Crippen molar-refractivity contribution in [1.29, 1.82) is 0 Å². The zero-order valence-corrected chi connectivity index (χ0v) is 14.0. The number of hydrogen-bond donors (Lipinski definition) is 2. The lowest BCUT2D eigenvalue weighted by molar-refractivity contribution is -0.128. The topological polar surface area (TPSA) is 58.2 Å². The minimum absolute atomic E-state index is 0.0272. The van der Waals surface area contributed by atoms with Gasteiger partial charge >= 0.3 is 0 Å². The number of hydrogen-bond acceptors (Lipinski definition) is 2. The number of carbonyl (C=O) groups is 2. The van der Waals surface area contributed by atoms with Gasteiger partial charge in [-0.25, -0.2) is 0 Å². The molecule has 1 aliphatic carbocycles. The standard InChI is InChI=1S/C19H28N2O2/c1-2-3-7-14-20-18(22)15-10-12-16(13-11-15)19(23)21-17-8-5-4-6-9-17/h4-6,8-9,15-16H,2-3,7,10-14H2,1H3,(H,20,22)(H,21,23). The summed E-state index contributed by atoms with van der Waals surface area (Å²) in [6.07, 6.45) is 6.59. The maximum atomic E-state index is 12.3. The number of para-hydroxylation sites is 1. The molecule has 1 saturated carbocycles. The molecule has 4 nitrogen and oxygen atoms in total. The van der Waals surface area contributed by atoms with Crippen LogP contribution in [0.5, 0.6) is 0 Å². The fourth-order valence-corrected chi connectivity index (χ4v) is 3.11.